The van der Waals surface area contributed by atoms with Gasteiger partial charge in [-0.25, -0.2) is 9.37 Å². The van der Waals surface area contributed by atoms with E-state index in [1.165, 1.54) is 17.7 Å². The van der Waals surface area contributed by atoms with Crippen LogP contribution in [0.4, 0.5) is 4.39 Å². The number of fused-ring (bicyclic) bond motifs is 1. The van der Waals surface area contributed by atoms with Crippen molar-refractivity contribution in [2.45, 2.75) is 19.9 Å². The SMILES string of the molecule is Cc1cccc(OCCCn2c(-c3ccc(F)cc3)nc3ccccc32)c1. The number of nitrogens with zero attached hydrogens (tertiary/aromatic N) is 2. The molecule has 0 atom stereocenters. The summed E-state index contributed by atoms with van der Waals surface area (Å²) in [7, 11) is 0. The lowest BCUT2D eigenvalue weighted by atomic mass is 10.2. The number of aromatic nitrogens is 2. The third kappa shape index (κ3) is 3.85. The molecule has 3 nitrogen and oxygen atoms in total. The highest BCUT2D eigenvalue weighted by Gasteiger charge is 2.12. The number of ether oxygens (including phenoxy) is 1. The van der Waals surface area contributed by atoms with Gasteiger partial charge in [-0.3, -0.25) is 0 Å². The van der Waals surface area contributed by atoms with Gasteiger partial charge in [0.1, 0.15) is 17.4 Å². The highest BCUT2D eigenvalue weighted by atomic mass is 19.1. The van der Waals surface area contributed by atoms with Gasteiger partial charge in [0.15, 0.2) is 0 Å². The molecule has 4 aromatic rings. The molecule has 27 heavy (non-hydrogen) atoms. The summed E-state index contributed by atoms with van der Waals surface area (Å²) in [6, 6.07) is 22.6. The largest absolute Gasteiger partial charge is 0.494 e. The second kappa shape index (κ2) is 7.62. The molecule has 136 valence electrons. The lowest BCUT2D eigenvalue weighted by Gasteiger charge is -2.11. The molecule has 4 rings (SSSR count). The summed E-state index contributed by atoms with van der Waals surface area (Å²) in [5.74, 6) is 1.50. The molecule has 0 saturated carbocycles. The minimum Gasteiger partial charge on any atom is -0.494 e. The summed E-state index contributed by atoms with van der Waals surface area (Å²) in [6.45, 7) is 3.46. The Morgan fingerprint density at radius 3 is 2.59 bits per heavy atom. The van der Waals surface area contributed by atoms with Gasteiger partial charge in [0.2, 0.25) is 0 Å². The van der Waals surface area contributed by atoms with Crippen LogP contribution in [-0.2, 0) is 6.54 Å². The van der Waals surface area contributed by atoms with Crippen LogP contribution in [0.3, 0.4) is 0 Å². The average Bonchev–Trinajstić information content (AvgIpc) is 3.04. The van der Waals surface area contributed by atoms with Crippen LogP contribution in [0.5, 0.6) is 5.75 Å². The fourth-order valence-electron chi connectivity index (χ4n) is 3.24. The summed E-state index contributed by atoms with van der Waals surface area (Å²) in [6.07, 6.45) is 0.850. The Kier molecular flexibility index (Phi) is 4.88. The van der Waals surface area contributed by atoms with Gasteiger partial charge in [-0.05, 0) is 67.4 Å². The van der Waals surface area contributed by atoms with E-state index in [9.17, 15) is 4.39 Å². The van der Waals surface area contributed by atoms with Crippen LogP contribution >= 0.6 is 0 Å². The van der Waals surface area contributed by atoms with E-state index in [0.29, 0.717) is 6.61 Å². The van der Waals surface area contributed by atoms with E-state index in [1.54, 1.807) is 12.1 Å². The fraction of sp³-hybridized carbons (Fsp3) is 0.174. The second-order valence-electron chi connectivity index (χ2n) is 6.60. The molecule has 0 spiro atoms. The van der Waals surface area contributed by atoms with Crippen molar-refractivity contribution in [1.82, 2.24) is 9.55 Å². The second-order valence-corrected chi connectivity index (χ2v) is 6.60. The van der Waals surface area contributed by atoms with E-state index >= 15 is 0 Å². The molecule has 0 aliphatic carbocycles. The molecule has 0 aliphatic rings. The van der Waals surface area contributed by atoms with E-state index in [1.807, 2.05) is 36.4 Å². The number of imidazole rings is 1. The van der Waals surface area contributed by atoms with Gasteiger partial charge in [0.05, 0.1) is 17.6 Å². The first-order chi connectivity index (χ1) is 13.2. The Morgan fingerprint density at radius 2 is 1.78 bits per heavy atom. The van der Waals surface area contributed by atoms with Crippen LogP contribution in [0.25, 0.3) is 22.4 Å². The molecule has 1 aromatic heterocycles. The molecule has 1 heterocycles. The van der Waals surface area contributed by atoms with Gasteiger partial charge < -0.3 is 9.30 Å². The van der Waals surface area contributed by atoms with Crippen molar-refractivity contribution in [3.05, 3.63) is 84.2 Å². The minimum atomic E-state index is -0.243. The van der Waals surface area contributed by atoms with Gasteiger partial charge in [-0.1, -0.05) is 24.3 Å². The topological polar surface area (TPSA) is 27.1 Å². The fourth-order valence-corrected chi connectivity index (χ4v) is 3.24. The van der Waals surface area contributed by atoms with Crippen LogP contribution in [0.1, 0.15) is 12.0 Å². The van der Waals surface area contributed by atoms with Crippen molar-refractivity contribution in [2.24, 2.45) is 0 Å². The van der Waals surface area contributed by atoms with Crippen LogP contribution < -0.4 is 4.74 Å². The third-order valence-electron chi connectivity index (χ3n) is 4.54. The first-order valence-electron chi connectivity index (χ1n) is 9.11. The predicted octanol–water partition coefficient (Wildman–Crippen LogP) is 5.62. The minimum absolute atomic E-state index is 0.243. The molecular weight excluding hydrogens is 339 g/mol. The van der Waals surface area contributed by atoms with Gasteiger partial charge in [-0.15, -0.1) is 0 Å². The molecule has 3 aromatic carbocycles. The van der Waals surface area contributed by atoms with E-state index in [4.69, 9.17) is 9.72 Å². The monoisotopic (exact) mass is 360 g/mol. The molecule has 0 N–H and O–H groups in total. The molecule has 0 fully saturated rings. The van der Waals surface area contributed by atoms with Gasteiger partial charge >= 0.3 is 0 Å². The summed E-state index contributed by atoms with van der Waals surface area (Å²) >= 11 is 0. The highest BCUT2D eigenvalue weighted by Crippen LogP contribution is 2.25. The van der Waals surface area contributed by atoms with Crippen molar-refractivity contribution < 1.29 is 9.13 Å². The van der Waals surface area contributed by atoms with E-state index in [-0.39, 0.29) is 5.82 Å². The van der Waals surface area contributed by atoms with Crippen LogP contribution in [0, 0.1) is 12.7 Å². The first kappa shape index (κ1) is 17.3. The molecule has 0 radical (unpaired) electrons. The Morgan fingerprint density at radius 1 is 0.963 bits per heavy atom. The number of rotatable bonds is 6. The maximum absolute atomic E-state index is 13.3. The standard InChI is InChI=1S/C23H21FN2O/c1-17-6-4-7-20(16-17)27-15-5-14-26-22-9-3-2-8-21(22)25-23(26)18-10-12-19(24)13-11-18/h2-4,6-13,16H,5,14-15H2,1H3. The molecule has 0 saturated heterocycles. The lowest BCUT2D eigenvalue weighted by molar-refractivity contribution is 0.302. The maximum atomic E-state index is 13.3. The first-order valence-corrected chi connectivity index (χ1v) is 9.11. The van der Waals surface area contributed by atoms with Gasteiger partial charge in [0.25, 0.3) is 0 Å². The van der Waals surface area contributed by atoms with Gasteiger partial charge in [-0.2, -0.15) is 0 Å². The number of hydrogen-bond acceptors (Lipinski definition) is 2. The Labute approximate surface area is 158 Å². The average molecular weight is 360 g/mol. The van der Waals surface area contributed by atoms with Crippen molar-refractivity contribution in [3.63, 3.8) is 0 Å². The number of hydrogen-bond donors (Lipinski definition) is 0. The zero-order valence-electron chi connectivity index (χ0n) is 15.2. The summed E-state index contributed by atoms with van der Waals surface area (Å²) in [5, 5.41) is 0. The molecule has 0 aliphatic heterocycles. The van der Waals surface area contributed by atoms with Crippen molar-refractivity contribution in [1.29, 1.82) is 0 Å². The number of benzene rings is 3. The van der Waals surface area contributed by atoms with E-state index in [0.717, 1.165) is 41.1 Å². The number of aryl methyl sites for hydroxylation is 2. The van der Waals surface area contributed by atoms with E-state index in [2.05, 4.69) is 23.6 Å². The molecule has 0 unspecified atom stereocenters. The molecular formula is C23H21FN2O. The molecule has 0 amide bonds. The summed E-state index contributed by atoms with van der Waals surface area (Å²) in [5.41, 5.74) is 4.11. The quantitative estimate of drug-likeness (QED) is 0.417. The molecule has 4 heteroatoms. The van der Waals surface area contributed by atoms with Crippen molar-refractivity contribution in [2.75, 3.05) is 6.61 Å². The zero-order chi connectivity index (χ0) is 18.6. The highest BCUT2D eigenvalue weighted by molar-refractivity contribution is 5.80. The smallest absolute Gasteiger partial charge is 0.141 e. The van der Waals surface area contributed by atoms with E-state index < -0.39 is 0 Å². The van der Waals surface area contributed by atoms with Crippen LogP contribution in [0.15, 0.2) is 72.8 Å². The Bertz CT molecular complexity index is 1050. The zero-order valence-corrected chi connectivity index (χ0v) is 15.2. The predicted molar refractivity (Wildman–Crippen MR) is 106 cm³/mol. The maximum Gasteiger partial charge on any atom is 0.141 e. The number of para-hydroxylation sites is 2. The summed E-state index contributed by atoms with van der Waals surface area (Å²) in [4.78, 5) is 4.76. The normalized spacial score (nSPS) is 11.0. The molecule has 0 bridgehead atoms. The Hall–Kier alpha value is -3.14. The van der Waals surface area contributed by atoms with Crippen LogP contribution in [-0.4, -0.2) is 16.2 Å². The lowest BCUT2D eigenvalue weighted by Crippen LogP contribution is -2.06. The van der Waals surface area contributed by atoms with Crippen molar-refractivity contribution in [3.8, 4) is 17.1 Å². The summed E-state index contributed by atoms with van der Waals surface area (Å²) < 4.78 is 21.4. The Balaban J connectivity index is 1.55. The number of halogens is 1. The third-order valence-corrected chi connectivity index (χ3v) is 4.54. The van der Waals surface area contributed by atoms with Crippen molar-refractivity contribution >= 4 is 11.0 Å². The van der Waals surface area contributed by atoms with Gasteiger partial charge in [0, 0.05) is 12.1 Å². The van der Waals surface area contributed by atoms with Crippen LogP contribution in [0.2, 0.25) is 0 Å².